The summed E-state index contributed by atoms with van der Waals surface area (Å²) in [6.07, 6.45) is 9.78. The lowest BCUT2D eigenvalue weighted by molar-refractivity contribution is 0.166. The molecule has 1 aromatic carbocycles. The third-order valence-corrected chi connectivity index (χ3v) is 3.15. The summed E-state index contributed by atoms with van der Waals surface area (Å²) in [6.45, 7) is 2.91. The van der Waals surface area contributed by atoms with E-state index in [2.05, 4.69) is 35.8 Å². The number of allylic oxidation sites excluding steroid dienone is 1. The predicted molar refractivity (Wildman–Crippen MR) is 79.8 cm³/mol. The van der Waals surface area contributed by atoms with Crippen molar-refractivity contribution in [1.29, 1.82) is 0 Å². The van der Waals surface area contributed by atoms with Crippen molar-refractivity contribution in [2.45, 2.75) is 32.4 Å². The highest BCUT2D eigenvalue weighted by Crippen LogP contribution is 2.18. The molecule has 0 radical (unpaired) electrons. The molecule has 0 spiro atoms. The van der Waals surface area contributed by atoms with Crippen LogP contribution in [0.15, 0.2) is 54.9 Å². The summed E-state index contributed by atoms with van der Waals surface area (Å²) in [6, 6.07) is 12.3. The van der Waals surface area contributed by atoms with Crippen molar-refractivity contribution in [2.75, 3.05) is 0 Å². The van der Waals surface area contributed by atoms with E-state index in [0.717, 1.165) is 24.9 Å². The maximum absolute atomic E-state index is 9.91. The topological polar surface area (TPSA) is 25.2 Å². The van der Waals surface area contributed by atoms with Crippen LogP contribution in [0.1, 0.15) is 37.0 Å². The van der Waals surface area contributed by atoms with Gasteiger partial charge in [-0.25, -0.2) is 0 Å². The summed E-state index contributed by atoms with van der Waals surface area (Å²) in [5.74, 6) is 0. The zero-order valence-corrected chi connectivity index (χ0v) is 11.4. The Morgan fingerprint density at radius 1 is 1.21 bits per heavy atom. The summed E-state index contributed by atoms with van der Waals surface area (Å²) in [4.78, 5) is 0. The minimum Gasteiger partial charge on any atom is -0.388 e. The number of rotatable bonds is 6. The number of aliphatic hydroxyl groups excluding tert-OH is 1. The van der Waals surface area contributed by atoms with Crippen molar-refractivity contribution < 1.29 is 5.11 Å². The molecule has 2 heteroatoms. The standard InChI is InChI=1S/C17H21NO/c1-2-7-17(19)16-11-13-18(14-16)12-6-10-15-8-4-3-5-9-15/h3-6,8-11,13-14,17,19H,2,7,12H2,1H3. The van der Waals surface area contributed by atoms with E-state index in [0.29, 0.717) is 0 Å². The van der Waals surface area contributed by atoms with Crippen molar-refractivity contribution >= 4 is 6.08 Å². The van der Waals surface area contributed by atoms with Crippen LogP contribution in [0.4, 0.5) is 0 Å². The van der Waals surface area contributed by atoms with Crippen LogP contribution >= 0.6 is 0 Å². The lowest BCUT2D eigenvalue weighted by Gasteiger charge is -2.05. The van der Waals surface area contributed by atoms with Crippen molar-refractivity contribution in [3.05, 3.63) is 66.0 Å². The molecule has 19 heavy (non-hydrogen) atoms. The molecule has 0 saturated heterocycles. The van der Waals surface area contributed by atoms with Gasteiger partial charge in [-0.3, -0.25) is 0 Å². The van der Waals surface area contributed by atoms with Gasteiger partial charge in [-0.15, -0.1) is 0 Å². The summed E-state index contributed by atoms with van der Waals surface area (Å²) in [7, 11) is 0. The number of hydrogen-bond acceptors (Lipinski definition) is 1. The molecule has 2 nitrogen and oxygen atoms in total. The van der Waals surface area contributed by atoms with Gasteiger partial charge in [0.05, 0.1) is 6.10 Å². The third-order valence-electron chi connectivity index (χ3n) is 3.15. The molecule has 0 bridgehead atoms. The maximum Gasteiger partial charge on any atom is 0.0804 e. The Labute approximate surface area is 115 Å². The van der Waals surface area contributed by atoms with Crippen LogP contribution in [0.3, 0.4) is 0 Å². The van der Waals surface area contributed by atoms with Gasteiger partial charge in [0, 0.05) is 18.9 Å². The molecule has 2 aromatic rings. The van der Waals surface area contributed by atoms with Crippen LogP contribution in [0.2, 0.25) is 0 Å². The average Bonchev–Trinajstić information content (AvgIpc) is 2.89. The van der Waals surface area contributed by atoms with Gasteiger partial charge in [0.2, 0.25) is 0 Å². The molecule has 0 fully saturated rings. The van der Waals surface area contributed by atoms with E-state index in [1.165, 1.54) is 5.56 Å². The number of aromatic nitrogens is 1. The van der Waals surface area contributed by atoms with E-state index in [1.54, 1.807) is 0 Å². The lowest BCUT2D eigenvalue weighted by atomic mass is 10.1. The average molecular weight is 255 g/mol. The Morgan fingerprint density at radius 3 is 2.74 bits per heavy atom. The Morgan fingerprint density at radius 2 is 2.00 bits per heavy atom. The molecule has 1 heterocycles. The molecular formula is C17H21NO. The van der Waals surface area contributed by atoms with E-state index >= 15 is 0 Å². The summed E-state index contributed by atoms with van der Waals surface area (Å²) < 4.78 is 2.09. The van der Waals surface area contributed by atoms with Crippen LogP contribution in [-0.2, 0) is 6.54 Å². The minimum atomic E-state index is -0.329. The Kier molecular flexibility index (Phi) is 4.99. The van der Waals surface area contributed by atoms with Gasteiger partial charge < -0.3 is 9.67 Å². The highest BCUT2D eigenvalue weighted by atomic mass is 16.3. The Hall–Kier alpha value is -1.80. The fraction of sp³-hybridized carbons (Fsp3) is 0.294. The number of aliphatic hydroxyl groups is 1. The SMILES string of the molecule is CCCC(O)c1ccn(CC=Cc2ccccc2)c1. The molecule has 2 rings (SSSR count). The minimum absolute atomic E-state index is 0.329. The monoisotopic (exact) mass is 255 g/mol. The Bertz CT molecular complexity index is 513. The number of nitrogens with zero attached hydrogens (tertiary/aromatic N) is 1. The summed E-state index contributed by atoms with van der Waals surface area (Å²) in [5, 5.41) is 9.91. The predicted octanol–water partition coefficient (Wildman–Crippen LogP) is 4.04. The molecule has 0 amide bonds. The van der Waals surface area contributed by atoms with Gasteiger partial charge >= 0.3 is 0 Å². The fourth-order valence-electron chi connectivity index (χ4n) is 2.08. The van der Waals surface area contributed by atoms with E-state index in [9.17, 15) is 5.11 Å². The van der Waals surface area contributed by atoms with Gasteiger partial charge in [-0.2, -0.15) is 0 Å². The number of hydrogen-bond donors (Lipinski definition) is 1. The van der Waals surface area contributed by atoms with Gasteiger partial charge in [-0.1, -0.05) is 55.8 Å². The quantitative estimate of drug-likeness (QED) is 0.828. The van der Waals surface area contributed by atoms with Crippen molar-refractivity contribution in [1.82, 2.24) is 4.57 Å². The van der Waals surface area contributed by atoms with Gasteiger partial charge in [0.1, 0.15) is 0 Å². The molecule has 0 aliphatic heterocycles. The smallest absolute Gasteiger partial charge is 0.0804 e. The summed E-state index contributed by atoms with van der Waals surface area (Å²) >= 11 is 0. The van der Waals surface area contributed by atoms with Crippen molar-refractivity contribution in [2.24, 2.45) is 0 Å². The van der Waals surface area contributed by atoms with Gasteiger partial charge in [0.25, 0.3) is 0 Å². The van der Waals surface area contributed by atoms with Crippen molar-refractivity contribution in [3.8, 4) is 0 Å². The van der Waals surface area contributed by atoms with Gasteiger partial charge in [0.15, 0.2) is 0 Å². The molecule has 100 valence electrons. The highest BCUT2D eigenvalue weighted by molar-refractivity contribution is 5.48. The molecule has 0 saturated carbocycles. The van der Waals surface area contributed by atoms with E-state index in [1.807, 2.05) is 36.7 Å². The van der Waals surface area contributed by atoms with E-state index < -0.39 is 0 Å². The Balaban J connectivity index is 1.92. The van der Waals surface area contributed by atoms with Crippen molar-refractivity contribution in [3.63, 3.8) is 0 Å². The second-order valence-corrected chi connectivity index (χ2v) is 4.76. The normalized spacial score (nSPS) is 12.9. The highest BCUT2D eigenvalue weighted by Gasteiger charge is 2.06. The van der Waals surface area contributed by atoms with E-state index in [-0.39, 0.29) is 6.10 Å². The second kappa shape index (κ2) is 6.95. The zero-order valence-electron chi connectivity index (χ0n) is 11.4. The maximum atomic E-state index is 9.91. The number of benzene rings is 1. The largest absolute Gasteiger partial charge is 0.388 e. The van der Waals surface area contributed by atoms with Crippen LogP contribution in [0.25, 0.3) is 6.08 Å². The fourth-order valence-corrected chi connectivity index (χ4v) is 2.08. The molecule has 0 aliphatic carbocycles. The first-order valence-electron chi connectivity index (χ1n) is 6.85. The van der Waals surface area contributed by atoms with E-state index in [4.69, 9.17) is 0 Å². The molecular weight excluding hydrogens is 234 g/mol. The molecule has 0 aliphatic rings. The molecule has 1 atom stereocenters. The molecule has 1 unspecified atom stereocenters. The van der Waals surface area contributed by atoms with Gasteiger partial charge in [-0.05, 0) is 23.6 Å². The zero-order chi connectivity index (χ0) is 13.5. The first-order valence-corrected chi connectivity index (χ1v) is 6.85. The van der Waals surface area contributed by atoms with Crippen LogP contribution in [-0.4, -0.2) is 9.67 Å². The lowest BCUT2D eigenvalue weighted by Crippen LogP contribution is -1.95. The van der Waals surface area contributed by atoms with Crippen LogP contribution in [0.5, 0.6) is 0 Å². The second-order valence-electron chi connectivity index (χ2n) is 4.76. The summed E-state index contributed by atoms with van der Waals surface area (Å²) in [5.41, 5.74) is 2.22. The molecule has 1 aromatic heterocycles. The molecule has 1 N–H and O–H groups in total. The first kappa shape index (κ1) is 13.6. The van der Waals surface area contributed by atoms with Crippen LogP contribution < -0.4 is 0 Å². The first-order chi connectivity index (χ1) is 9.29. The van der Waals surface area contributed by atoms with Crippen LogP contribution in [0, 0.1) is 0 Å². The third kappa shape index (κ3) is 4.11.